The third-order valence-corrected chi connectivity index (χ3v) is 11.0. The Balaban J connectivity index is 1.62. The van der Waals surface area contributed by atoms with E-state index in [1.807, 2.05) is 56.3 Å². The number of benzene rings is 2. The Morgan fingerprint density at radius 2 is 2.00 bits per heavy atom. The molecular formula is C31H38N2O5S. The van der Waals surface area contributed by atoms with Crippen molar-refractivity contribution in [1.29, 1.82) is 0 Å². The highest BCUT2D eigenvalue weighted by Crippen LogP contribution is 2.67. The van der Waals surface area contributed by atoms with Crippen LogP contribution < -0.4 is 4.90 Å². The van der Waals surface area contributed by atoms with Crippen molar-refractivity contribution in [3.05, 3.63) is 55.1 Å². The molecule has 0 aliphatic carbocycles. The summed E-state index contributed by atoms with van der Waals surface area (Å²) in [5.74, 6) is -2.01. The summed E-state index contributed by atoms with van der Waals surface area (Å²) in [6.07, 6.45) is 3.86. The number of likely N-dealkylation sites (tertiary alicyclic amines) is 1. The zero-order valence-electron chi connectivity index (χ0n) is 22.9. The van der Waals surface area contributed by atoms with Crippen molar-refractivity contribution >= 4 is 46.0 Å². The molecule has 2 amide bonds. The molecule has 39 heavy (non-hydrogen) atoms. The maximum absolute atomic E-state index is 14.8. The fourth-order valence-corrected chi connectivity index (χ4v) is 9.18. The van der Waals surface area contributed by atoms with Crippen LogP contribution in [0.1, 0.15) is 40.0 Å². The normalized spacial score (nSPS) is 28.8. The highest BCUT2D eigenvalue weighted by molar-refractivity contribution is 8.02. The predicted octanol–water partition coefficient (Wildman–Crippen LogP) is 4.42. The summed E-state index contributed by atoms with van der Waals surface area (Å²) >= 11 is 1.62. The minimum absolute atomic E-state index is 0.0266. The summed E-state index contributed by atoms with van der Waals surface area (Å²) in [6, 6.07) is 12.6. The third kappa shape index (κ3) is 4.36. The molecule has 2 unspecified atom stereocenters. The third-order valence-electron chi connectivity index (χ3n) is 9.00. The lowest BCUT2D eigenvalue weighted by atomic mass is 9.71. The van der Waals surface area contributed by atoms with Crippen LogP contribution in [0.5, 0.6) is 0 Å². The largest absolute Gasteiger partial charge is 0.466 e. The van der Waals surface area contributed by atoms with E-state index in [2.05, 4.69) is 6.58 Å². The first kappa shape index (κ1) is 27.7. The summed E-state index contributed by atoms with van der Waals surface area (Å²) < 4.78 is 4.69. The Morgan fingerprint density at radius 3 is 2.67 bits per heavy atom. The first-order chi connectivity index (χ1) is 18.8. The molecule has 3 heterocycles. The number of esters is 1. The van der Waals surface area contributed by atoms with Gasteiger partial charge in [0.15, 0.2) is 0 Å². The van der Waals surface area contributed by atoms with Crippen molar-refractivity contribution in [2.75, 3.05) is 24.7 Å². The number of hydrogen-bond donors (Lipinski definition) is 1. The van der Waals surface area contributed by atoms with Crippen LogP contribution in [-0.2, 0) is 19.1 Å². The predicted molar refractivity (Wildman–Crippen MR) is 154 cm³/mol. The summed E-state index contributed by atoms with van der Waals surface area (Å²) in [4.78, 5) is 45.6. The van der Waals surface area contributed by atoms with Gasteiger partial charge in [0, 0.05) is 17.5 Å². The van der Waals surface area contributed by atoms with Crippen molar-refractivity contribution in [1.82, 2.24) is 4.90 Å². The molecule has 8 heteroatoms. The lowest BCUT2D eigenvalue weighted by Crippen LogP contribution is -2.58. The Morgan fingerprint density at radius 1 is 1.26 bits per heavy atom. The number of fused-ring (bicyclic) bond motifs is 2. The van der Waals surface area contributed by atoms with Crippen molar-refractivity contribution in [3.63, 3.8) is 0 Å². The molecule has 0 radical (unpaired) electrons. The van der Waals surface area contributed by atoms with E-state index in [1.54, 1.807) is 34.6 Å². The maximum Gasteiger partial charge on any atom is 0.310 e. The molecule has 5 rings (SSSR count). The number of carbonyl (C=O) groups is 3. The molecule has 1 N–H and O–H groups in total. The van der Waals surface area contributed by atoms with Crippen LogP contribution in [0.3, 0.4) is 0 Å². The van der Waals surface area contributed by atoms with Crippen LogP contribution in [0.15, 0.2) is 55.1 Å². The van der Waals surface area contributed by atoms with Gasteiger partial charge < -0.3 is 19.6 Å². The number of carbonyl (C=O) groups excluding carboxylic acids is 3. The lowest BCUT2D eigenvalue weighted by molar-refractivity contribution is -0.154. The van der Waals surface area contributed by atoms with Gasteiger partial charge in [-0.05, 0) is 48.6 Å². The minimum atomic E-state index is -0.804. The number of ether oxygens (including phenoxy) is 1. The summed E-state index contributed by atoms with van der Waals surface area (Å²) in [5.41, 5.74) is 0.731. The number of nitrogens with zero attached hydrogens (tertiary/aromatic N) is 2. The standard InChI is InChI=1S/C31H38N2O5S/c1-5-16-32(22-13-12-20-10-8-9-11-21(20)17-22)29(36)27-31-15-14-24(39-31)25(30(37)38-7-3)26(31)28(35)33(27)23(18-34)19(4)6-2/h5,8-13,17,19,23-27,34H,1,6-7,14-16,18H2,2-4H3/t19-,23-,24-,25+,26-,27?,31?/m0/s1. The molecule has 3 saturated heterocycles. The number of aliphatic hydroxyl groups is 1. The Hall–Kier alpha value is -2.84. The first-order valence-corrected chi connectivity index (χ1v) is 14.9. The van der Waals surface area contributed by atoms with Gasteiger partial charge >= 0.3 is 5.97 Å². The topological polar surface area (TPSA) is 87.2 Å². The first-order valence-electron chi connectivity index (χ1n) is 14.0. The zero-order valence-corrected chi connectivity index (χ0v) is 23.7. The summed E-state index contributed by atoms with van der Waals surface area (Å²) in [6.45, 7) is 9.97. The summed E-state index contributed by atoms with van der Waals surface area (Å²) in [5, 5.41) is 12.6. The van der Waals surface area contributed by atoms with E-state index < -0.39 is 28.7 Å². The van der Waals surface area contributed by atoms with E-state index in [0.717, 1.165) is 29.3 Å². The van der Waals surface area contributed by atoms with Gasteiger partial charge in [0.25, 0.3) is 5.91 Å². The SMILES string of the molecule is C=CCN(C(=O)C1N([C@@H](CO)[C@@H](C)CC)C(=O)[C@@H]2[C@H](C(=O)OCC)[C@@H]3CCC12S3)c1ccc2ccccc2c1. The second-order valence-electron chi connectivity index (χ2n) is 11.0. The maximum atomic E-state index is 14.8. The average molecular weight is 551 g/mol. The monoisotopic (exact) mass is 550 g/mol. The van der Waals surface area contributed by atoms with Crippen LogP contribution in [0.25, 0.3) is 10.8 Å². The van der Waals surface area contributed by atoms with Gasteiger partial charge in [-0.25, -0.2) is 0 Å². The lowest BCUT2D eigenvalue weighted by Gasteiger charge is -2.41. The van der Waals surface area contributed by atoms with Gasteiger partial charge in [-0.15, -0.1) is 18.3 Å². The van der Waals surface area contributed by atoms with Gasteiger partial charge in [0.1, 0.15) is 6.04 Å². The van der Waals surface area contributed by atoms with Gasteiger partial charge in [-0.1, -0.05) is 56.7 Å². The van der Waals surface area contributed by atoms with Gasteiger partial charge in [0.05, 0.1) is 35.8 Å². The number of anilines is 1. The van der Waals surface area contributed by atoms with E-state index in [0.29, 0.717) is 6.42 Å². The molecular weight excluding hydrogens is 512 g/mol. The molecule has 3 aliphatic heterocycles. The van der Waals surface area contributed by atoms with Crippen LogP contribution in [0.4, 0.5) is 5.69 Å². The molecule has 2 aromatic rings. The molecule has 2 bridgehead atoms. The second-order valence-corrected chi connectivity index (χ2v) is 12.6. The van der Waals surface area contributed by atoms with E-state index in [-0.39, 0.29) is 48.7 Å². The van der Waals surface area contributed by atoms with E-state index in [4.69, 9.17) is 4.74 Å². The van der Waals surface area contributed by atoms with Crippen molar-refractivity contribution in [3.8, 4) is 0 Å². The number of rotatable bonds is 10. The highest BCUT2D eigenvalue weighted by Gasteiger charge is 2.75. The van der Waals surface area contributed by atoms with Crippen LogP contribution >= 0.6 is 11.8 Å². The number of hydrogen-bond acceptors (Lipinski definition) is 6. The van der Waals surface area contributed by atoms with E-state index >= 15 is 0 Å². The van der Waals surface area contributed by atoms with Gasteiger partial charge in [-0.3, -0.25) is 14.4 Å². The molecule has 3 aliphatic rings. The molecule has 0 aromatic heterocycles. The van der Waals surface area contributed by atoms with Crippen LogP contribution in [0.2, 0.25) is 0 Å². The number of aliphatic hydroxyl groups excluding tert-OH is 1. The Labute approximate surface area is 234 Å². The van der Waals surface area contributed by atoms with E-state index in [1.165, 1.54) is 0 Å². The fourth-order valence-electron chi connectivity index (χ4n) is 6.99. The fraction of sp³-hybridized carbons (Fsp3) is 0.516. The summed E-state index contributed by atoms with van der Waals surface area (Å²) in [7, 11) is 0. The Kier molecular flexibility index (Phi) is 7.80. The number of amides is 2. The quantitative estimate of drug-likeness (QED) is 0.348. The molecule has 208 valence electrons. The van der Waals surface area contributed by atoms with Crippen molar-refractivity contribution in [2.24, 2.45) is 17.8 Å². The van der Waals surface area contributed by atoms with Gasteiger partial charge in [0.2, 0.25) is 5.91 Å². The smallest absolute Gasteiger partial charge is 0.310 e. The Bertz CT molecular complexity index is 1280. The molecule has 7 nitrogen and oxygen atoms in total. The zero-order chi connectivity index (χ0) is 27.9. The van der Waals surface area contributed by atoms with Crippen molar-refractivity contribution < 1.29 is 24.2 Å². The molecule has 1 spiro atoms. The molecule has 0 saturated carbocycles. The minimum Gasteiger partial charge on any atom is -0.466 e. The van der Waals surface area contributed by atoms with Crippen LogP contribution in [-0.4, -0.2) is 69.6 Å². The number of thioether (sulfide) groups is 1. The van der Waals surface area contributed by atoms with Crippen molar-refractivity contribution in [2.45, 2.75) is 62.1 Å². The molecule has 2 aromatic carbocycles. The van der Waals surface area contributed by atoms with E-state index in [9.17, 15) is 19.5 Å². The van der Waals surface area contributed by atoms with Crippen LogP contribution in [0, 0.1) is 17.8 Å². The highest BCUT2D eigenvalue weighted by atomic mass is 32.2. The molecule has 7 atom stereocenters. The average Bonchev–Trinajstić information content (AvgIpc) is 3.59. The van der Waals surface area contributed by atoms with Gasteiger partial charge in [-0.2, -0.15) is 0 Å². The second kappa shape index (κ2) is 11.0. The molecule has 3 fully saturated rings.